The number of likely N-dealkylation sites (N-methyl/N-ethyl adjacent to an activating group) is 1. The fourth-order valence-corrected chi connectivity index (χ4v) is 3.06. The van der Waals surface area contributed by atoms with Crippen LogP contribution in [0.3, 0.4) is 0 Å². The fraction of sp³-hybridized carbons (Fsp3) is 0.357. The molecule has 0 aliphatic carbocycles. The summed E-state index contributed by atoms with van der Waals surface area (Å²) in [6.45, 7) is 4.32. The first-order valence-electron chi connectivity index (χ1n) is 6.68. The predicted molar refractivity (Wildman–Crippen MR) is 83.7 cm³/mol. The lowest BCUT2D eigenvalue weighted by Gasteiger charge is -2.16. The summed E-state index contributed by atoms with van der Waals surface area (Å²) in [5, 5.41) is 11.3. The van der Waals surface area contributed by atoms with Crippen molar-refractivity contribution in [2.45, 2.75) is 13.3 Å². The molecule has 2 aliphatic heterocycles. The van der Waals surface area contributed by atoms with E-state index in [1.807, 2.05) is 0 Å². The molecule has 2 heterocycles. The molecule has 0 aromatic heterocycles. The van der Waals surface area contributed by atoms with Crippen molar-refractivity contribution >= 4 is 34.7 Å². The third-order valence-electron chi connectivity index (χ3n) is 3.42. The van der Waals surface area contributed by atoms with Crippen LogP contribution in [-0.4, -0.2) is 36.1 Å². The van der Waals surface area contributed by atoms with Crippen molar-refractivity contribution in [3.05, 3.63) is 29.3 Å². The van der Waals surface area contributed by atoms with Gasteiger partial charge in [-0.15, -0.1) is 5.10 Å². The Kier molecular flexibility index (Phi) is 3.73. The Hall–Kier alpha value is -1.82. The van der Waals surface area contributed by atoms with Crippen molar-refractivity contribution in [3.8, 4) is 0 Å². The molecule has 0 bridgehead atoms. The summed E-state index contributed by atoms with van der Waals surface area (Å²) in [5.74, 6) is 0.418. The molecule has 1 fully saturated rings. The number of rotatable bonds is 3. The standard InChI is InChI=1S/C14H16N4OS/c1-2-18-6-5-11-7-10(3-4-12(11)18)8-15-17-14-16-13(19)9-20-14/h3-4,7-8H,2,5-6,9H2,1H3,(H,16,17,19). The van der Waals surface area contributed by atoms with Gasteiger partial charge in [-0.1, -0.05) is 17.8 Å². The largest absolute Gasteiger partial charge is 0.371 e. The lowest BCUT2D eigenvalue weighted by Crippen LogP contribution is -2.19. The molecule has 0 atom stereocenters. The molecule has 104 valence electrons. The third kappa shape index (κ3) is 2.70. The highest BCUT2D eigenvalue weighted by Gasteiger charge is 2.17. The van der Waals surface area contributed by atoms with Crippen LogP contribution in [0.1, 0.15) is 18.1 Å². The number of anilines is 1. The first kappa shape index (κ1) is 13.2. The van der Waals surface area contributed by atoms with Gasteiger partial charge in [-0.2, -0.15) is 5.10 Å². The van der Waals surface area contributed by atoms with E-state index in [-0.39, 0.29) is 5.91 Å². The number of carbonyl (C=O) groups is 1. The van der Waals surface area contributed by atoms with Crippen LogP contribution in [-0.2, 0) is 11.2 Å². The van der Waals surface area contributed by atoms with E-state index in [4.69, 9.17) is 0 Å². The van der Waals surface area contributed by atoms with Gasteiger partial charge in [0.1, 0.15) is 0 Å². The van der Waals surface area contributed by atoms with Crippen molar-refractivity contribution in [3.63, 3.8) is 0 Å². The van der Waals surface area contributed by atoms with Crippen LogP contribution in [0.15, 0.2) is 28.4 Å². The number of hydrogen-bond donors (Lipinski definition) is 1. The monoisotopic (exact) mass is 288 g/mol. The van der Waals surface area contributed by atoms with Crippen molar-refractivity contribution in [1.29, 1.82) is 0 Å². The average Bonchev–Trinajstić information content (AvgIpc) is 3.04. The number of nitrogens with zero attached hydrogens (tertiary/aromatic N) is 3. The van der Waals surface area contributed by atoms with E-state index in [1.54, 1.807) is 6.21 Å². The Morgan fingerprint density at radius 1 is 1.50 bits per heavy atom. The molecule has 0 unspecified atom stereocenters. The van der Waals surface area contributed by atoms with Crippen LogP contribution < -0.4 is 10.2 Å². The van der Waals surface area contributed by atoms with Crippen LogP contribution >= 0.6 is 11.8 Å². The van der Waals surface area contributed by atoms with E-state index in [2.05, 4.69) is 45.5 Å². The minimum Gasteiger partial charge on any atom is -0.371 e. The third-order valence-corrected chi connectivity index (χ3v) is 4.28. The number of nitrogens with one attached hydrogen (secondary N) is 1. The molecule has 20 heavy (non-hydrogen) atoms. The molecule has 5 nitrogen and oxygen atoms in total. The molecule has 1 aromatic rings. The van der Waals surface area contributed by atoms with Gasteiger partial charge in [0.05, 0.1) is 12.0 Å². The van der Waals surface area contributed by atoms with Gasteiger partial charge in [0.2, 0.25) is 5.91 Å². The zero-order chi connectivity index (χ0) is 13.9. The van der Waals surface area contributed by atoms with E-state index in [0.717, 1.165) is 25.1 Å². The number of carbonyl (C=O) groups excluding carboxylic acids is 1. The highest BCUT2D eigenvalue weighted by atomic mass is 32.2. The maximum Gasteiger partial charge on any atom is 0.236 e. The van der Waals surface area contributed by atoms with Gasteiger partial charge < -0.3 is 10.2 Å². The average molecular weight is 288 g/mol. The van der Waals surface area contributed by atoms with Crippen molar-refractivity contribution in [2.24, 2.45) is 10.2 Å². The highest BCUT2D eigenvalue weighted by Crippen LogP contribution is 2.28. The first-order chi connectivity index (χ1) is 9.76. The van der Waals surface area contributed by atoms with E-state index < -0.39 is 0 Å². The number of amidine groups is 1. The summed E-state index contributed by atoms with van der Waals surface area (Å²) in [6, 6.07) is 6.36. The summed E-state index contributed by atoms with van der Waals surface area (Å²) in [4.78, 5) is 13.4. The second-order valence-corrected chi connectivity index (χ2v) is 5.67. The number of amides is 1. The minimum absolute atomic E-state index is 0.0128. The Morgan fingerprint density at radius 2 is 2.40 bits per heavy atom. The van der Waals surface area contributed by atoms with E-state index in [0.29, 0.717) is 10.9 Å². The first-order valence-corrected chi connectivity index (χ1v) is 7.66. The number of benzene rings is 1. The van der Waals surface area contributed by atoms with Gasteiger partial charge in [0.25, 0.3) is 0 Å². The normalized spacial score (nSPS) is 19.9. The zero-order valence-electron chi connectivity index (χ0n) is 11.3. The van der Waals surface area contributed by atoms with Crippen LogP contribution in [0.2, 0.25) is 0 Å². The minimum atomic E-state index is -0.0128. The van der Waals surface area contributed by atoms with E-state index in [9.17, 15) is 4.79 Å². The molecular formula is C14H16N4OS. The molecule has 0 radical (unpaired) electrons. The van der Waals surface area contributed by atoms with Crippen LogP contribution in [0, 0.1) is 0 Å². The quantitative estimate of drug-likeness (QED) is 0.679. The van der Waals surface area contributed by atoms with Gasteiger partial charge in [0, 0.05) is 18.8 Å². The molecule has 0 saturated carbocycles. The molecule has 1 amide bonds. The molecule has 1 saturated heterocycles. The smallest absolute Gasteiger partial charge is 0.236 e. The molecule has 0 spiro atoms. The Labute approximate surface area is 122 Å². The fourth-order valence-electron chi connectivity index (χ4n) is 2.43. The van der Waals surface area contributed by atoms with Crippen molar-refractivity contribution in [1.82, 2.24) is 5.32 Å². The predicted octanol–water partition coefficient (Wildman–Crippen LogP) is 1.62. The molecule has 1 N–H and O–H groups in total. The van der Waals surface area contributed by atoms with Crippen molar-refractivity contribution < 1.29 is 4.79 Å². The number of hydrogen-bond acceptors (Lipinski definition) is 5. The summed E-state index contributed by atoms with van der Waals surface area (Å²) in [7, 11) is 0. The Morgan fingerprint density at radius 3 is 3.15 bits per heavy atom. The second kappa shape index (κ2) is 5.66. The van der Waals surface area contributed by atoms with Gasteiger partial charge >= 0.3 is 0 Å². The lowest BCUT2D eigenvalue weighted by molar-refractivity contribution is -0.116. The van der Waals surface area contributed by atoms with Gasteiger partial charge in [0.15, 0.2) is 5.17 Å². The highest BCUT2D eigenvalue weighted by molar-refractivity contribution is 8.15. The summed E-state index contributed by atoms with van der Waals surface area (Å²) >= 11 is 1.38. The summed E-state index contributed by atoms with van der Waals surface area (Å²) < 4.78 is 0. The maximum absolute atomic E-state index is 11.0. The molecule has 6 heteroatoms. The summed E-state index contributed by atoms with van der Waals surface area (Å²) in [6.07, 6.45) is 2.82. The van der Waals surface area contributed by atoms with Gasteiger partial charge in [-0.05, 0) is 36.6 Å². The second-order valence-electron chi connectivity index (χ2n) is 4.70. The number of fused-ring (bicyclic) bond motifs is 1. The van der Waals surface area contributed by atoms with Crippen molar-refractivity contribution in [2.75, 3.05) is 23.7 Å². The Balaban J connectivity index is 1.71. The van der Waals surface area contributed by atoms with Crippen LogP contribution in [0.5, 0.6) is 0 Å². The topological polar surface area (TPSA) is 57.1 Å². The molecule has 3 rings (SSSR count). The molecule has 2 aliphatic rings. The van der Waals surface area contributed by atoms with Gasteiger partial charge in [-0.25, -0.2) is 0 Å². The lowest BCUT2D eigenvalue weighted by atomic mass is 10.1. The molecule has 1 aromatic carbocycles. The SMILES string of the molecule is CCN1CCc2cc(C=NN=C3NC(=O)CS3)ccc21. The van der Waals surface area contributed by atoms with E-state index in [1.165, 1.54) is 23.0 Å². The summed E-state index contributed by atoms with van der Waals surface area (Å²) in [5.41, 5.74) is 3.74. The molecular weight excluding hydrogens is 272 g/mol. The maximum atomic E-state index is 11.0. The Bertz CT molecular complexity index is 597. The number of thioether (sulfide) groups is 1. The van der Waals surface area contributed by atoms with E-state index >= 15 is 0 Å². The van der Waals surface area contributed by atoms with Gasteiger partial charge in [-0.3, -0.25) is 4.79 Å². The zero-order valence-corrected chi connectivity index (χ0v) is 12.1. The van der Waals surface area contributed by atoms with Crippen LogP contribution in [0.4, 0.5) is 5.69 Å². The van der Waals surface area contributed by atoms with Crippen LogP contribution in [0.25, 0.3) is 0 Å².